The van der Waals surface area contributed by atoms with E-state index in [4.69, 9.17) is 5.11 Å². The summed E-state index contributed by atoms with van der Waals surface area (Å²) in [5.74, 6) is 0. The second-order valence-electron chi connectivity index (χ2n) is 3.46. The van der Waals surface area contributed by atoms with Crippen LogP contribution in [0.2, 0.25) is 0 Å². The lowest BCUT2D eigenvalue weighted by Gasteiger charge is -2.07. The van der Waals surface area contributed by atoms with Crippen LogP contribution < -0.4 is 4.72 Å². The Hall–Kier alpha value is -1.51. The Morgan fingerprint density at radius 3 is 2.71 bits per heavy atom. The maximum Gasteiger partial charge on any atom is 0.270 e. The lowest BCUT2D eigenvalue weighted by molar-refractivity contribution is -0.385. The molecule has 94 valence electrons. The molecule has 1 aromatic rings. The summed E-state index contributed by atoms with van der Waals surface area (Å²) < 4.78 is 25.5. The molecule has 0 heterocycles. The number of sulfonamides is 1. The molecule has 1 rings (SSSR count). The van der Waals surface area contributed by atoms with Crippen LogP contribution in [-0.2, 0) is 10.0 Å². The molecule has 7 nitrogen and oxygen atoms in total. The predicted octanol–water partition coefficient (Wildman–Crippen LogP) is 0.254. The molecule has 17 heavy (non-hydrogen) atoms. The Balaban J connectivity index is 2.99. The van der Waals surface area contributed by atoms with Crippen LogP contribution in [0.3, 0.4) is 0 Å². The minimum absolute atomic E-state index is 0.148. The number of hydrogen-bond donors (Lipinski definition) is 2. The maximum absolute atomic E-state index is 11.7. The average molecular weight is 260 g/mol. The normalized spacial score (nSPS) is 13.3. The highest BCUT2D eigenvalue weighted by Crippen LogP contribution is 2.16. The Morgan fingerprint density at radius 2 is 2.18 bits per heavy atom. The summed E-state index contributed by atoms with van der Waals surface area (Å²) in [7, 11) is -3.83. The van der Waals surface area contributed by atoms with Crippen molar-refractivity contribution >= 4 is 15.7 Å². The quantitative estimate of drug-likeness (QED) is 0.582. The van der Waals surface area contributed by atoms with Crippen molar-refractivity contribution in [1.82, 2.24) is 4.72 Å². The van der Waals surface area contributed by atoms with Crippen LogP contribution >= 0.6 is 0 Å². The first-order valence-electron chi connectivity index (χ1n) is 4.75. The van der Waals surface area contributed by atoms with Gasteiger partial charge in [0.25, 0.3) is 5.69 Å². The van der Waals surface area contributed by atoms with E-state index in [1.165, 1.54) is 25.1 Å². The molecule has 2 N–H and O–H groups in total. The zero-order valence-corrected chi connectivity index (χ0v) is 9.85. The van der Waals surface area contributed by atoms with Crippen molar-refractivity contribution in [2.45, 2.75) is 17.9 Å². The molecule has 0 aromatic heterocycles. The fraction of sp³-hybridized carbons (Fsp3) is 0.333. The van der Waals surface area contributed by atoms with Gasteiger partial charge in [-0.25, -0.2) is 13.1 Å². The third-order valence-electron chi connectivity index (χ3n) is 1.91. The molecule has 0 aliphatic rings. The van der Waals surface area contributed by atoms with Crippen molar-refractivity contribution in [3.63, 3.8) is 0 Å². The smallest absolute Gasteiger partial charge is 0.270 e. The zero-order chi connectivity index (χ0) is 13.1. The second-order valence-corrected chi connectivity index (χ2v) is 5.22. The summed E-state index contributed by atoms with van der Waals surface area (Å²) in [6.07, 6.45) is -0.830. The Bertz CT molecular complexity index is 512. The van der Waals surface area contributed by atoms with Gasteiger partial charge in [-0.2, -0.15) is 0 Å². The lowest BCUT2D eigenvalue weighted by Crippen LogP contribution is -2.30. The van der Waals surface area contributed by atoms with Crippen molar-refractivity contribution in [1.29, 1.82) is 0 Å². The number of hydrogen-bond acceptors (Lipinski definition) is 5. The molecule has 0 saturated heterocycles. The third kappa shape index (κ3) is 3.77. The van der Waals surface area contributed by atoms with Crippen molar-refractivity contribution in [2.75, 3.05) is 6.54 Å². The van der Waals surface area contributed by atoms with Gasteiger partial charge in [-0.3, -0.25) is 10.1 Å². The van der Waals surface area contributed by atoms with E-state index in [1.54, 1.807) is 0 Å². The van der Waals surface area contributed by atoms with Gasteiger partial charge in [0.15, 0.2) is 0 Å². The molecule has 0 fully saturated rings. The molecule has 0 aliphatic carbocycles. The average Bonchev–Trinajstić information content (AvgIpc) is 2.27. The zero-order valence-electron chi connectivity index (χ0n) is 9.03. The van der Waals surface area contributed by atoms with Crippen LogP contribution in [0.15, 0.2) is 29.2 Å². The van der Waals surface area contributed by atoms with E-state index in [0.29, 0.717) is 0 Å². The molecule has 0 spiro atoms. The van der Waals surface area contributed by atoms with Gasteiger partial charge in [-0.1, -0.05) is 6.07 Å². The van der Waals surface area contributed by atoms with E-state index in [2.05, 4.69) is 4.72 Å². The summed E-state index contributed by atoms with van der Waals surface area (Å²) in [4.78, 5) is 9.62. The number of nitrogens with one attached hydrogen (secondary N) is 1. The van der Waals surface area contributed by atoms with Gasteiger partial charge in [0.2, 0.25) is 10.0 Å². The van der Waals surface area contributed by atoms with Crippen molar-refractivity contribution in [2.24, 2.45) is 0 Å². The molecule has 0 bridgehead atoms. The molecule has 0 aliphatic heterocycles. The number of nitro benzene ring substituents is 1. The number of nitrogens with zero attached hydrogens (tertiary/aromatic N) is 1. The lowest BCUT2D eigenvalue weighted by atomic mass is 10.3. The highest BCUT2D eigenvalue weighted by atomic mass is 32.2. The molecular formula is C9H12N2O5S. The van der Waals surface area contributed by atoms with Crippen molar-refractivity contribution < 1.29 is 18.4 Å². The molecule has 0 amide bonds. The van der Waals surface area contributed by atoms with Crippen molar-refractivity contribution in [3.8, 4) is 0 Å². The summed E-state index contributed by atoms with van der Waals surface area (Å²) in [6.45, 7) is 1.28. The van der Waals surface area contributed by atoms with Crippen LogP contribution in [0.1, 0.15) is 6.92 Å². The molecule has 1 aromatic carbocycles. The number of aliphatic hydroxyl groups is 1. The van der Waals surface area contributed by atoms with E-state index >= 15 is 0 Å². The fourth-order valence-corrected chi connectivity index (χ4v) is 2.24. The molecule has 0 saturated carbocycles. The first kappa shape index (κ1) is 13.6. The summed E-state index contributed by atoms with van der Waals surface area (Å²) in [5, 5.41) is 19.5. The van der Waals surface area contributed by atoms with Gasteiger partial charge in [0.1, 0.15) is 0 Å². The van der Waals surface area contributed by atoms with Crippen LogP contribution in [0.4, 0.5) is 5.69 Å². The Labute approximate surface area is 98.3 Å². The Kier molecular flexibility index (Phi) is 4.16. The Morgan fingerprint density at radius 1 is 1.53 bits per heavy atom. The first-order chi connectivity index (χ1) is 7.83. The SMILES string of the molecule is C[C@H](O)CNS(=O)(=O)c1cccc([N+](=O)[O-])c1. The van der Waals surface area contributed by atoms with Crippen LogP contribution in [0.25, 0.3) is 0 Å². The highest BCUT2D eigenvalue weighted by Gasteiger charge is 2.17. The molecule has 1 atom stereocenters. The van der Waals surface area contributed by atoms with E-state index in [9.17, 15) is 18.5 Å². The number of rotatable bonds is 5. The first-order valence-corrected chi connectivity index (χ1v) is 6.23. The topological polar surface area (TPSA) is 110 Å². The van der Waals surface area contributed by atoms with E-state index < -0.39 is 21.1 Å². The van der Waals surface area contributed by atoms with Gasteiger partial charge in [-0.05, 0) is 13.0 Å². The second kappa shape index (κ2) is 5.21. The van der Waals surface area contributed by atoms with E-state index in [0.717, 1.165) is 6.07 Å². The minimum Gasteiger partial charge on any atom is -0.392 e. The number of benzene rings is 1. The van der Waals surface area contributed by atoms with Gasteiger partial charge >= 0.3 is 0 Å². The van der Waals surface area contributed by atoms with Gasteiger partial charge in [0.05, 0.1) is 15.9 Å². The van der Waals surface area contributed by atoms with Crippen LogP contribution in [0.5, 0.6) is 0 Å². The van der Waals surface area contributed by atoms with E-state index in [-0.39, 0.29) is 17.1 Å². The number of nitro groups is 1. The summed E-state index contributed by atoms with van der Waals surface area (Å²) in [5.41, 5.74) is -0.301. The molecular weight excluding hydrogens is 248 g/mol. The molecule has 0 unspecified atom stereocenters. The standard InChI is InChI=1S/C9H12N2O5S/c1-7(12)6-10-17(15,16)9-4-2-3-8(5-9)11(13)14/h2-5,7,10,12H,6H2,1H3/t7-/m0/s1. The predicted molar refractivity (Wildman–Crippen MR) is 60.0 cm³/mol. The number of non-ortho nitro benzene ring substituents is 1. The van der Waals surface area contributed by atoms with E-state index in [1.807, 2.05) is 0 Å². The molecule has 0 radical (unpaired) electrons. The number of aliphatic hydroxyl groups excluding tert-OH is 1. The third-order valence-corrected chi connectivity index (χ3v) is 3.33. The maximum atomic E-state index is 11.7. The summed E-state index contributed by atoms with van der Waals surface area (Å²) >= 11 is 0. The van der Waals surface area contributed by atoms with Gasteiger partial charge in [0, 0.05) is 18.7 Å². The van der Waals surface area contributed by atoms with Gasteiger partial charge in [-0.15, -0.1) is 0 Å². The minimum atomic E-state index is -3.83. The largest absolute Gasteiger partial charge is 0.392 e. The summed E-state index contributed by atoms with van der Waals surface area (Å²) in [6, 6.07) is 4.70. The molecule has 8 heteroatoms. The highest BCUT2D eigenvalue weighted by molar-refractivity contribution is 7.89. The fourth-order valence-electron chi connectivity index (χ4n) is 1.08. The van der Waals surface area contributed by atoms with Crippen LogP contribution in [0, 0.1) is 10.1 Å². The monoisotopic (exact) mass is 260 g/mol. The van der Waals surface area contributed by atoms with Crippen LogP contribution in [-0.4, -0.2) is 31.1 Å². The van der Waals surface area contributed by atoms with Crippen molar-refractivity contribution in [3.05, 3.63) is 34.4 Å². The van der Waals surface area contributed by atoms with Gasteiger partial charge < -0.3 is 5.11 Å².